The van der Waals surface area contributed by atoms with E-state index in [1.807, 2.05) is 9.80 Å². The van der Waals surface area contributed by atoms with Crippen molar-refractivity contribution >= 4 is 11.8 Å². The molecule has 0 aliphatic carbocycles. The second-order valence-electron chi connectivity index (χ2n) is 7.57. The first-order chi connectivity index (χ1) is 12.5. The number of phenols is 1. The maximum Gasteiger partial charge on any atom is 0.227 e. The first kappa shape index (κ1) is 18.7. The van der Waals surface area contributed by atoms with Crippen molar-refractivity contribution in [3.05, 3.63) is 29.8 Å². The van der Waals surface area contributed by atoms with Crippen molar-refractivity contribution in [2.75, 3.05) is 39.9 Å². The Bertz CT molecular complexity index is 646. The second-order valence-corrected chi connectivity index (χ2v) is 7.57. The molecular formula is C20H28N2O4. The summed E-state index contributed by atoms with van der Waals surface area (Å²) in [4.78, 5) is 28.8. The zero-order valence-electron chi connectivity index (χ0n) is 15.4. The summed E-state index contributed by atoms with van der Waals surface area (Å²) < 4.78 is 5.13. The zero-order valence-corrected chi connectivity index (χ0v) is 15.4. The molecule has 0 radical (unpaired) electrons. The largest absolute Gasteiger partial charge is 0.508 e. The third kappa shape index (κ3) is 4.36. The van der Waals surface area contributed by atoms with E-state index in [2.05, 4.69) is 0 Å². The lowest BCUT2D eigenvalue weighted by Gasteiger charge is -2.48. The number of carbonyl (C=O) groups excluding carboxylic acids is 2. The maximum absolute atomic E-state index is 12.8. The smallest absolute Gasteiger partial charge is 0.227 e. The molecule has 0 aromatic heterocycles. The van der Waals surface area contributed by atoms with Gasteiger partial charge in [0.05, 0.1) is 13.0 Å². The number of likely N-dealkylation sites (tertiary alicyclic amines) is 2. The molecule has 0 unspecified atom stereocenters. The fourth-order valence-corrected chi connectivity index (χ4v) is 4.16. The number of carbonyl (C=O) groups is 2. The molecule has 6 heteroatoms. The fourth-order valence-electron chi connectivity index (χ4n) is 4.16. The van der Waals surface area contributed by atoms with Crippen molar-refractivity contribution in [3.8, 4) is 5.75 Å². The molecule has 6 nitrogen and oxygen atoms in total. The predicted molar refractivity (Wildman–Crippen MR) is 97.7 cm³/mol. The van der Waals surface area contributed by atoms with E-state index in [1.54, 1.807) is 31.4 Å². The van der Waals surface area contributed by atoms with Crippen molar-refractivity contribution in [1.82, 2.24) is 9.80 Å². The summed E-state index contributed by atoms with van der Waals surface area (Å²) in [6.45, 7) is 3.40. The van der Waals surface area contributed by atoms with Gasteiger partial charge in [0.1, 0.15) is 5.75 Å². The number of benzene rings is 1. The molecule has 3 rings (SSSR count). The Kier molecular flexibility index (Phi) is 5.81. The number of methoxy groups -OCH3 is 1. The number of amides is 2. The quantitative estimate of drug-likeness (QED) is 0.869. The number of nitrogens with zero attached hydrogens (tertiary/aromatic N) is 2. The molecule has 1 aromatic carbocycles. The summed E-state index contributed by atoms with van der Waals surface area (Å²) in [5, 5.41) is 9.38. The third-order valence-electron chi connectivity index (χ3n) is 5.62. The van der Waals surface area contributed by atoms with E-state index in [0.29, 0.717) is 26.0 Å². The normalized spacial score (nSPS) is 23.5. The van der Waals surface area contributed by atoms with Gasteiger partial charge in [-0.3, -0.25) is 9.59 Å². The fraction of sp³-hybridized carbons (Fsp3) is 0.600. The second kappa shape index (κ2) is 8.08. The minimum absolute atomic E-state index is 0.0184. The number of aromatic hydroxyl groups is 1. The molecule has 2 aliphatic rings. The van der Waals surface area contributed by atoms with Crippen LogP contribution in [0.25, 0.3) is 0 Å². The molecule has 2 saturated heterocycles. The van der Waals surface area contributed by atoms with Crippen LogP contribution in [0.15, 0.2) is 24.3 Å². The highest BCUT2D eigenvalue weighted by Gasteiger charge is 2.42. The number of hydrogen-bond donors (Lipinski definition) is 1. The van der Waals surface area contributed by atoms with E-state index in [9.17, 15) is 14.7 Å². The van der Waals surface area contributed by atoms with Crippen molar-refractivity contribution in [3.63, 3.8) is 0 Å². The van der Waals surface area contributed by atoms with Crippen LogP contribution in [0, 0.1) is 5.41 Å². The Morgan fingerprint density at radius 2 is 2.00 bits per heavy atom. The summed E-state index contributed by atoms with van der Waals surface area (Å²) in [5.41, 5.74) is 0.929. The van der Waals surface area contributed by atoms with Crippen molar-refractivity contribution in [2.24, 2.45) is 5.41 Å². The summed E-state index contributed by atoms with van der Waals surface area (Å²) in [7, 11) is 1.65. The molecule has 1 atom stereocenters. The Morgan fingerprint density at radius 1 is 1.23 bits per heavy atom. The lowest BCUT2D eigenvalue weighted by atomic mass is 9.73. The van der Waals surface area contributed by atoms with Gasteiger partial charge in [-0.25, -0.2) is 0 Å². The van der Waals surface area contributed by atoms with E-state index in [4.69, 9.17) is 4.74 Å². The van der Waals surface area contributed by atoms with Crippen LogP contribution >= 0.6 is 0 Å². The molecule has 0 bridgehead atoms. The van der Waals surface area contributed by atoms with Gasteiger partial charge in [-0.15, -0.1) is 0 Å². The molecule has 1 N–H and O–H groups in total. The highest BCUT2D eigenvalue weighted by atomic mass is 16.5. The molecule has 0 saturated carbocycles. The van der Waals surface area contributed by atoms with E-state index >= 15 is 0 Å². The lowest BCUT2D eigenvalue weighted by Crippen LogP contribution is -2.55. The van der Waals surface area contributed by atoms with Gasteiger partial charge in [-0.1, -0.05) is 12.1 Å². The van der Waals surface area contributed by atoms with Gasteiger partial charge in [-0.2, -0.15) is 0 Å². The first-order valence-electron chi connectivity index (χ1n) is 9.34. The Labute approximate surface area is 154 Å². The zero-order chi connectivity index (χ0) is 18.6. The van der Waals surface area contributed by atoms with Gasteiger partial charge in [0.25, 0.3) is 0 Å². The molecule has 1 aromatic rings. The number of phenolic OH excluding ortho intramolecular Hbond substituents is 1. The molecule has 142 valence electrons. The third-order valence-corrected chi connectivity index (χ3v) is 5.62. The SMILES string of the molecule is COCCN1C[C@]2(CCCN(C(=O)Cc3ccc(O)cc3)C2)CCC1=O. The van der Waals surface area contributed by atoms with Gasteiger partial charge in [0.15, 0.2) is 0 Å². The van der Waals surface area contributed by atoms with Gasteiger partial charge in [0.2, 0.25) is 11.8 Å². The summed E-state index contributed by atoms with van der Waals surface area (Å²) in [6, 6.07) is 6.80. The molecule has 2 aliphatic heterocycles. The Balaban J connectivity index is 1.63. The minimum Gasteiger partial charge on any atom is -0.508 e. The monoisotopic (exact) mass is 360 g/mol. The molecule has 2 amide bonds. The van der Waals surface area contributed by atoms with Crippen molar-refractivity contribution in [2.45, 2.75) is 32.1 Å². The van der Waals surface area contributed by atoms with E-state index in [-0.39, 0.29) is 23.0 Å². The van der Waals surface area contributed by atoms with Gasteiger partial charge in [-0.05, 0) is 37.0 Å². The van der Waals surface area contributed by atoms with Crippen LogP contribution < -0.4 is 0 Å². The molecule has 1 spiro atoms. The summed E-state index contributed by atoms with van der Waals surface area (Å²) in [6.07, 6.45) is 3.81. The van der Waals surface area contributed by atoms with Crippen LogP contribution in [0.5, 0.6) is 5.75 Å². The molecule has 2 fully saturated rings. The Hall–Kier alpha value is -2.08. The molecule has 2 heterocycles. The number of rotatable bonds is 5. The summed E-state index contributed by atoms with van der Waals surface area (Å²) in [5.74, 6) is 0.525. The average molecular weight is 360 g/mol. The van der Waals surface area contributed by atoms with Crippen LogP contribution in [-0.2, 0) is 20.7 Å². The Morgan fingerprint density at radius 3 is 2.73 bits per heavy atom. The van der Waals surface area contributed by atoms with Crippen LogP contribution in [0.3, 0.4) is 0 Å². The van der Waals surface area contributed by atoms with Crippen LogP contribution in [0.4, 0.5) is 0 Å². The van der Waals surface area contributed by atoms with Gasteiger partial charge in [0, 0.05) is 45.1 Å². The summed E-state index contributed by atoms with van der Waals surface area (Å²) >= 11 is 0. The highest BCUT2D eigenvalue weighted by molar-refractivity contribution is 5.79. The van der Waals surface area contributed by atoms with Gasteiger partial charge < -0.3 is 19.6 Å². The highest BCUT2D eigenvalue weighted by Crippen LogP contribution is 2.39. The number of hydrogen-bond acceptors (Lipinski definition) is 4. The molecule has 26 heavy (non-hydrogen) atoms. The van der Waals surface area contributed by atoms with Crippen LogP contribution in [0.2, 0.25) is 0 Å². The van der Waals surface area contributed by atoms with Crippen molar-refractivity contribution in [1.29, 1.82) is 0 Å². The minimum atomic E-state index is 0.0184. The molecular weight excluding hydrogens is 332 g/mol. The first-order valence-corrected chi connectivity index (χ1v) is 9.34. The van der Waals surface area contributed by atoms with E-state index in [1.165, 1.54) is 0 Å². The van der Waals surface area contributed by atoms with Crippen molar-refractivity contribution < 1.29 is 19.4 Å². The number of piperidine rings is 2. The average Bonchev–Trinajstić information content (AvgIpc) is 2.65. The van der Waals surface area contributed by atoms with Crippen LogP contribution in [-0.4, -0.2) is 66.6 Å². The number of ether oxygens (including phenoxy) is 1. The lowest BCUT2D eigenvalue weighted by molar-refractivity contribution is -0.143. The standard InChI is InChI=1S/C20H28N2O4/c1-26-12-11-22-15-20(9-7-18(22)24)8-2-10-21(14-20)19(25)13-16-3-5-17(23)6-4-16/h3-6,23H,2,7-15H2,1H3/t20-/m1/s1. The van der Waals surface area contributed by atoms with E-state index < -0.39 is 0 Å². The topological polar surface area (TPSA) is 70.1 Å². The van der Waals surface area contributed by atoms with E-state index in [0.717, 1.165) is 44.5 Å². The maximum atomic E-state index is 12.8. The van der Waals surface area contributed by atoms with Crippen LogP contribution in [0.1, 0.15) is 31.2 Å². The predicted octanol–water partition coefficient (Wildman–Crippen LogP) is 1.81. The van der Waals surface area contributed by atoms with Gasteiger partial charge >= 0.3 is 0 Å².